The fraction of sp³-hybridized carbons (Fsp3) is 0.0833. The highest BCUT2D eigenvalue weighted by molar-refractivity contribution is 9.10. The van der Waals surface area contributed by atoms with Crippen LogP contribution < -0.4 is 10.5 Å². The molecule has 0 spiro atoms. The van der Waals surface area contributed by atoms with Crippen molar-refractivity contribution < 1.29 is 4.74 Å². The number of benzene rings is 1. The summed E-state index contributed by atoms with van der Waals surface area (Å²) in [7, 11) is 0. The highest BCUT2D eigenvalue weighted by atomic mass is 79.9. The summed E-state index contributed by atoms with van der Waals surface area (Å²) in [4.78, 5) is 4.13. The molecule has 0 atom stereocenters. The fourth-order valence-corrected chi connectivity index (χ4v) is 1.50. The summed E-state index contributed by atoms with van der Waals surface area (Å²) >= 11 is 3.32. The standard InChI is InChI=1S/C12H11BrN2O/c1-8-2-4-10(14)6-11(8)16-12-5-3-9(13)7-15-12/h2-7H,14H2,1H3. The molecule has 0 unspecified atom stereocenters. The Balaban J connectivity index is 2.26. The molecule has 3 nitrogen and oxygen atoms in total. The lowest BCUT2D eigenvalue weighted by atomic mass is 10.2. The van der Waals surface area contributed by atoms with Gasteiger partial charge in [-0.3, -0.25) is 0 Å². The molecule has 2 rings (SSSR count). The second-order valence-corrected chi connectivity index (χ2v) is 4.36. The Morgan fingerprint density at radius 3 is 2.75 bits per heavy atom. The van der Waals surface area contributed by atoms with Crippen molar-refractivity contribution in [3.8, 4) is 11.6 Å². The Bertz CT molecular complexity index is 497. The molecule has 2 aromatic rings. The van der Waals surface area contributed by atoms with Gasteiger partial charge in [-0.05, 0) is 40.5 Å². The van der Waals surface area contributed by atoms with E-state index in [4.69, 9.17) is 10.5 Å². The molecule has 0 saturated carbocycles. The molecule has 0 amide bonds. The molecule has 0 fully saturated rings. The number of hydrogen-bond donors (Lipinski definition) is 1. The number of nitrogen functional groups attached to an aromatic ring is 1. The molecule has 0 bridgehead atoms. The van der Waals surface area contributed by atoms with Crippen molar-refractivity contribution in [2.45, 2.75) is 6.92 Å². The van der Waals surface area contributed by atoms with Crippen molar-refractivity contribution in [3.63, 3.8) is 0 Å². The number of nitrogens with two attached hydrogens (primary N) is 1. The number of aryl methyl sites for hydroxylation is 1. The van der Waals surface area contributed by atoms with Gasteiger partial charge in [0.25, 0.3) is 0 Å². The van der Waals surface area contributed by atoms with Crippen LogP contribution in [0.5, 0.6) is 11.6 Å². The van der Waals surface area contributed by atoms with E-state index in [1.54, 1.807) is 18.3 Å². The number of ether oxygens (including phenoxy) is 1. The van der Waals surface area contributed by atoms with Crippen LogP contribution in [-0.4, -0.2) is 4.98 Å². The Kier molecular flexibility index (Phi) is 3.10. The third-order valence-electron chi connectivity index (χ3n) is 2.13. The van der Waals surface area contributed by atoms with Gasteiger partial charge in [0, 0.05) is 28.5 Å². The number of anilines is 1. The molecule has 2 N–H and O–H groups in total. The molecule has 0 radical (unpaired) electrons. The lowest BCUT2D eigenvalue weighted by molar-refractivity contribution is 0.459. The van der Waals surface area contributed by atoms with Gasteiger partial charge in [-0.15, -0.1) is 0 Å². The van der Waals surface area contributed by atoms with E-state index in [9.17, 15) is 0 Å². The van der Waals surface area contributed by atoms with Crippen molar-refractivity contribution in [2.24, 2.45) is 0 Å². The molecular formula is C12H11BrN2O. The minimum atomic E-state index is 0.553. The molecule has 4 heteroatoms. The first-order valence-electron chi connectivity index (χ1n) is 4.81. The van der Waals surface area contributed by atoms with Crippen LogP contribution >= 0.6 is 15.9 Å². The molecular weight excluding hydrogens is 268 g/mol. The lowest BCUT2D eigenvalue weighted by Gasteiger charge is -2.08. The van der Waals surface area contributed by atoms with E-state index in [1.807, 2.05) is 25.1 Å². The summed E-state index contributed by atoms with van der Waals surface area (Å²) in [6, 6.07) is 9.23. The van der Waals surface area contributed by atoms with Crippen LogP contribution in [0, 0.1) is 6.92 Å². The average molecular weight is 279 g/mol. The number of rotatable bonds is 2. The van der Waals surface area contributed by atoms with Crippen molar-refractivity contribution >= 4 is 21.6 Å². The molecule has 0 saturated heterocycles. The van der Waals surface area contributed by atoms with Crippen molar-refractivity contribution in [2.75, 3.05) is 5.73 Å². The summed E-state index contributed by atoms with van der Waals surface area (Å²) in [5, 5.41) is 0. The monoisotopic (exact) mass is 278 g/mol. The first kappa shape index (κ1) is 11.0. The number of aromatic nitrogens is 1. The van der Waals surface area contributed by atoms with E-state index in [2.05, 4.69) is 20.9 Å². The topological polar surface area (TPSA) is 48.1 Å². The van der Waals surface area contributed by atoms with Gasteiger partial charge in [0.15, 0.2) is 0 Å². The Morgan fingerprint density at radius 2 is 2.06 bits per heavy atom. The van der Waals surface area contributed by atoms with Crippen molar-refractivity contribution in [1.29, 1.82) is 0 Å². The summed E-state index contributed by atoms with van der Waals surface area (Å²) in [6.07, 6.45) is 1.69. The van der Waals surface area contributed by atoms with E-state index in [-0.39, 0.29) is 0 Å². The first-order chi connectivity index (χ1) is 7.65. The van der Waals surface area contributed by atoms with Crippen LogP contribution in [0.1, 0.15) is 5.56 Å². The third-order valence-corrected chi connectivity index (χ3v) is 2.60. The molecule has 0 aliphatic carbocycles. The van der Waals surface area contributed by atoms with Crippen molar-refractivity contribution in [3.05, 3.63) is 46.6 Å². The van der Waals surface area contributed by atoms with Gasteiger partial charge in [0.2, 0.25) is 5.88 Å². The number of nitrogens with zero attached hydrogens (tertiary/aromatic N) is 1. The minimum absolute atomic E-state index is 0.553. The highest BCUT2D eigenvalue weighted by Gasteiger charge is 2.02. The lowest BCUT2D eigenvalue weighted by Crippen LogP contribution is -1.92. The number of hydrogen-bond acceptors (Lipinski definition) is 3. The van der Waals surface area contributed by atoms with E-state index >= 15 is 0 Å². The zero-order valence-electron chi connectivity index (χ0n) is 8.77. The van der Waals surface area contributed by atoms with Gasteiger partial charge >= 0.3 is 0 Å². The Hall–Kier alpha value is -1.55. The molecule has 0 aliphatic heterocycles. The maximum absolute atomic E-state index is 5.70. The molecule has 82 valence electrons. The maximum atomic E-state index is 5.70. The number of pyridine rings is 1. The van der Waals surface area contributed by atoms with Crippen molar-refractivity contribution in [1.82, 2.24) is 4.98 Å². The van der Waals surface area contributed by atoms with E-state index in [1.165, 1.54) is 0 Å². The second kappa shape index (κ2) is 4.53. The van der Waals surface area contributed by atoms with Gasteiger partial charge in [-0.2, -0.15) is 0 Å². The van der Waals surface area contributed by atoms with Gasteiger partial charge < -0.3 is 10.5 Å². The van der Waals surface area contributed by atoms with Gasteiger partial charge in [-0.1, -0.05) is 6.07 Å². The van der Waals surface area contributed by atoms with E-state index in [0.717, 1.165) is 15.8 Å². The summed E-state index contributed by atoms with van der Waals surface area (Å²) < 4.78 is 6.55. The fourth-order valence-electron chi connectivity index (χ4n) is 1.26. The quantitative estimate of drug-likeness (QED) is 0.855. The normalized spacial score (nSPS) is 10.1. The SMILES string of the molecule is Cc1ccc(N)cc1Oc1ccc(Br)cn1. The van der Waals surface area contributed by atoms with Crippen LogP contribution in [-0.2, 0) is 0 Å². The smallest absolute Gasteiger partial charge is 0.219 e. The van der Waals surface area contributed by atoms with E-state index < -0.39 is 0 Å². The van der Waals surface area contributed by atoms with Crippen LogP contribution in [0.15, 0.2) is 41.0 Å². The van der Waals surface area contributed by atoms with Crippen LogP contribution in [0.4, 0.5) is 5.69 Å². The summed E-state index contributed by atoms with van der Waals surface area (Å²) in [5.41, 5.74) is 7.40. The zero-order valence-corrected chi connectivity index (χ0v) is 10.4. The molecule has 1 aromatic carbocycles. The summed E-state index contributed by atoms with van der Waals surface area (Å²) in [6.45, 7) is 1.97. The highest BCUT2D eigenvalue weighted by Crippen LogP contribution is 2.26. The largest absolute Gasteiger partial charge is 0.439 e. The molecule has 1 aromatic heterocycles. The van der Waals surface area contributed by atoms with Crippen LogP contribution in [0.25, 0.3) is 0 Å². The predicted octanol–water partition coefficient (Wildman–Crippen LogP) is 3.53. The summed E-state index contributed by atoms with van der Waals surface area (Å²) in [5.74, 6) is 1.28. The predicted molar refractivity (Wildman–Crippen MR) is 67.6 cm³/mol. The maximum Gasteiger partial charge on any atom is 0.219 e. The molecule has 1 heterocycles. The van der Waals surface area contributed by atoms with Crippen LogP contribution in [0.3, 0.4) is 0 Å². The zero-order chi connectivity index (χ0) is 11.5. The van der Waals surface area contributed by atoms with Crippen LogP contribution in [0.2, 0.25) is 0 Å². The minimum Gasteiger partial charge on any atom is -0.439 e. The third kappa shape index (κ3) is 2.52. The van der Waals surface area contributed by atoms with Gasteiger partial charge in [0.05, 0.1) is 0 Å². The Morgan fingerprint density at radius 1 is 1.25 bits per heavy atom. The molecule has 0 aliphatic rings. The Labute approximate surface area is 102 Å². The first-order valence-corrected chi connectivity index (χ1v) is 5.60. The second-order valence-electron chi connectivity index (χ2n) is 3.44. The average Bonchev–Trinajstić information content (AvgIpc) is 2.27. The molecule has 16 heavy (non-hydrogen) atoms. The van der Waals surface area contributed by atoms with Gasteiger partial charge in [0.1, 0.15) is 5.75 Å². The van der Waals surface area contributed by atoms with Gasteiger partial charge in [-0.25, -0.2) is 4.98 Å². The van der Waals surface area contributed by atoms with E-state index in [0.29, 0.717) is 11.6 Å². The number of halogens is 1.